The molecule has 0 bridgehead atoms. The predicted molar refractivity (Wildman–Crippen MR) is 369 cm³/mol. The molecule has 2 aliphatic rings. The van der Waals surface area contributed by atoms with Gasteiger partial charge in [-0.3, -0.25) is 0 Å². The molecular formula is C87H59N. The minimum absolute atomic E-state index is 0.499. The molecule has 1 nitrogen and oxygen atoms in total. The van der Waals surface area contributed by atoms with Crippen molar-refractivity contribution in [3.63, 3.8) is 0 Å². The van der Waals surface area contributed by atoms with Crippen molar-refractivity contribution in [1.29, 1.82) is 0 Å². The number of benzene rings is 14. The van der Waals surface area contributed by atoms with Crippen molar-refractivity contribution in [1.82, 2.24) is 4.57 Å². The molecule has 2 aliphatic carbocycles. The van der Waals surface area contributed by atoms with Gasteiger partial charge in [-0.1, -0.05) is 303 Å². The summed E-state index contributed by atoms with van der Waals surface area (Å²) in [6, 6.07) is 122. The smallest absolute Gasteiger partial charge is 0.0713 e. The van der Waals surface area contributed by atoms with E-state index in [0.29, 0.717) is 0 Å². The van der Waals surface area contributed by atoms with Crippen LogP contribution in [0.25, 0.3) is 106 Å². The van der Waals surface area contributed by atoms with Crippen molar-refractivity contribution in [2.24, 2.45) is 0 Å². The van der Waals surface area contributed by atoms with Gasteiger partial charge in [-0.25, -0.2) is 0 Å². The summed E-state index contributed by atoms with van der Waals surface area (Å²) in [6.07, 6.45) is 4.45. The molecule has 0 fully saturated rings. The van der Waals surface area contributed by atoms with E-state index in [-0.39, 0.29) is 0 Å². The SMILES string of the molecule is Cc1ccc2c(c1)C(c1ccccc1)(c1ccccc1)c1cc(-c3ccc4c(c3)C(c3ccccc3)(c3ccccc3)c3cc(-c5ccc(C=Cc6ccc(-c7ccc8c(c7)c7ccccc7n8-c7cccc8ccccc78)cc6)cc5)ccc3-4)ccc1-2. The zero-order valence-corrected chi connectivity index (χ0v) is 48.8. The maximum absolute atomic E-state index is 2.51. The summed E-state index contributed by atoms with van der Waals surface area (Å²) in [5, 5.41) is 4.99. The van der Waals surface area contributed by atoms with Gasteiger partial charge in [0.1, 0.15) is 0 Å². The van der Waals surface area contributed by atoms with Crippen LogP contribution in [0.15, 0.2) is 328 Å². The molecule has 1 aromatic heterocycles. The zero-order valence-electron chi connectivity index (χ0n) is 48.8. The van der Waals surface area contributed by atoms with Crippen LogP contribution in [0.5, 0.6) is 0 Å². The molecule has 14 aromatic carbocycles. The second kappa shape index (κ2) is 20.6. The first-order valence-electron chi connectivity index (χ1n) is 30.7. The molecule has 0 spiro atoms. The Labute approximate surface area is 514 Å². The maximum Gasteiger partial charge on any atom is 0.0713 e. The number of rotatable bonds is 10. The van der Waals surface area contributed by atoms with E-state index in [1.54, 1.807) is 0 Å². The number of aryl methyl sites for hydroxylation is 1. The number of hydrogen-bond acceptors (Lipinski definition) is 0. The average Bonchev–Trinajstić information content (AvgIpc) is 1.74. The molecule has 15 aromatic rings. The minimum atomic E-state index is -0.592. The zero-order chi connectivity index (χ0) is 58.3. The van der Waals surface area contributed by atoms with Crippen LogP contribution >= 0.6 is 0 Å². The van der Waals surface area contributed by atoms with Gasteiger partial charge in [0, 0.05) is 16.2 Å². The first-order chi connectivity index (χ1) is 43.5. The summed E-state index contributed by atoms with van der Waals surface area (Å²) in [5.41, 5.74) is 28.7. The van der Waals surface area contributed by atoms with Crippen LogP contribution in [-0.4, -0.2) is 4.57 Å². The van der Waals surface area contributed by atoms with Gasteiger partial charge in [-0.2, -0.15) is 0 Å². The molecular weight excluding hydrogens is 1060 g/mol. The Morgan fingerprint density at radius 2 is 0.625 bits per heavy atom. The molecule has 17 rings (SSSR count). The monoisotopic (exact) mass is 1120 g/mol. The maximum atomic E-state index is 2.51. The molecule has 412 valence electrons. The highest BCUT2D eigenvalue weighted by Gasteiger charge is 2.48. The lowest BCUT2D eigenvalue weighted by atomic mass is 9.66. The van der Waals surface area contributed by atoms with Gasteiger partial charge < -0.3 is 4.57 Å². The summed E-state index contributed by atoms with van der Waals surface area (Å²) in [4.78, 5) is 0. The van der Waals surface area contributed by atoms with Crippen molar-refractivity contribution < 1.29 is 0 Å². The molecule has 0 N–H and O–H groups in total. The third-order valence-corrected chi connectivity index (χ3v) is 19.2. The van der Waals surface area contributed by atoms with E-state index in [1.807, 2.05) is 0 Å². The Kier molecular flexibility index (Phi) is 12.0. The quantitative estimate of drug-likeness (QED) is 0.120. The molecule has 0 saturated carbocycles. The van der Waals surface area contributed by atoms with Crippen LogP contribution in [-0.2, 0) is 10.8 Å². The Hall–Kier alpha value is -11.1. The van der Waals surface area contributed by atoms with E-state index in [4.69, 9.17) is 0 Å². The molecule has 0 radical (unpaired) electrons. The fourth-order valence-electron chi connectivity index (χ4n) is 15.2. The average molecular weight is 1120 g/mol. The van der Waals surface area contributed by atoms with Crippen LogP contribution in [0.2, 0.25) is 0 Å². The highest BCUT2D eigenvalue weighted by atomic mass is 15.0. The fourth-order valence-corrected chi connectivity index (χ4v) is 15.2. The van der Waals surface area contributed by atoms with E-state index >= 15 is 0 Å². The molecule has 0 atom stereocenters. The molecule has 0 amide bonds. The second-order valence-corrected chi connectivity index (χ2v) is 24.0. The number of fused-ring (bicyclic) bond motifs is 10. The van der Waals surface area contributed by atoms with E-state index in [0.717, 1.165) is 11.1 Å². The van der Waals surface area contributed by atoms with Crippen LogP contribution in [0, 0.1) is 6.92 Å². The molecule has 0 unspecified atom stereocenters. The van der Waals surface area contributed by atoms with E-state index < -0.39 is 10.8 Å². The third-order valence-electron chi connectivity index (χ3n) is 19.2. The molecule has 0 saturated heterocycles. The standard InChI is InChI=1S/C87H59N/c1-58-33-48-73-74-50-45-66(56-81(74)86(79(73)53-58,68-21-6-2-7-22-68)69-23-8-3-9-24-69)67-46-51-76-75-49-44-65(55-80(75)87(82(76)57-67,70-25-10-4-11-26-70)71-27-12-5-13-28-71)62-42-38-60(39-43-62)35-34-59-36-40-61(41-37-59)64-47-52-85-78(54-64)77-30-16-17-31-84(77)88(85)83-32-18-20-63-19-14-15-29-72(63)83/h2-57H,1H3. The Morgan fingerprint density at radius 1 is 0.261 bits per heavy atom. The van der Waals surface area contributed by atoms with Crippen molar-refractivity contribution in [3.8, 4) is 61.3 Å². The van der Waals surface area contributed by atoms with Gasteiger partial charge >= 0.3 is 0 Å². The van der Waals surface area contributed by atoms with Crippen LogP contribution < -0.4 is 0 Å². The highest BCUT2D eigenvalue weighted by Crippen LogP contribution is 2.60. The van der Waals surface area contributed by atoms with Gasteiger partial charge in [0.2, 0.25) is 0 Å². The van der Waals surface area contributed by atoms with Gasteiger partial charge in [0.05, 0.1) is 27.6 Å². The summed E-state index contributed by atoms with van der Waals surface area (Å²) in [7, 11) is 0. The van der Waals surface area contributed by atoms with Gasteiger partial charge in [-0.15, -0.1) is 0 Å². The fraction of sp³-hybridized carbons (Fsp3) is 0.0345. The minimum Gasteiger partial charge on any atom is -0.309 e. The lowest BCUT2D eigenvalue weighted by Crippen LogP contribution is -2.29. The van der Waals surface area contributed by atoms with Gasteiger partial charge in [0.25, 0.3) is 0 Å². The van der Waals surface area contributed by atoms with Crippen molar-refractivity contribution in [2.45, 2.75) is 17.8 Å². The van der Waals surface area contributed by atoms with E-state index in [2.05, 4.69) is 351 Å². The largest absolute Gasteiger partial charge is 0.309 e. The van der Waals surface area contributed by atoms with E-state index in [9.17, 15) is 0 Å². The lowest BCUT2D eigenvalue weighted by molar-refractivity contribution is 0.767. The number of nitrogens with zero attached hydrogens (tertiary/aromatic N) is 1. The summed E-state index contributed by atoms with van der Waals surface area (Å²) in [6.45, 7) is 2.22. The van der Waals surface area contributed by atoms with Gasteiger partial charge in [-0.05, 0) is 166 Å². The van der Waals surface area contributed by atoms with Crippen molar-refractivity contribution in [3.05, 3.63) is 389 Å². The number of para-hydroxylation sites is 1. The van der Waals surface area contributed by atoms with Crippen LogP contribution in [0.3, 0.4) is 0 Å². The van der Waals surface area contributed by atoms with Gasteiger partial charge in [0.15, 0.2) is 0 Å². The highest BCUT2D eigenvalue weighted by molar-refractivity contribution is 6.12. The Morgan fingerprint density at radius 3 is 1.12 bits per heavy atom. The lowest BCUT2D eigenvalue weighted by Gasteiger charge is -2.35. The Balaban J connectivity index is 0.706. The summed E-state index contributed by atoms with van der Waals surface area (Å²) in [5.74, 6) is 0. The van der Waals surface area contributed by atoms with Crippen molar-refractivity contribution >= 4 is 44.7 Å². The second-order valence-electron chi connectivity index (χ2n) is 24.0. The normalized spacial score (nSPS) is 13.4. The summed E-state index contributed by atoms with van der Waals surface area (Å²) < 4.78 is 2.43. The molecule has 1 heterocycles. The summed E-state index contributed by atoms with van der Waals surface area (Å²) >= 11 is 0. The van der Waals surface area contributed by atoms with Crippen LogP contribution in [0.1, 0.15) is 61.2 Å². The van der Waals surface area contributed by atoms with Crippen molar-refractivity contribution in [2.75, 3.05) is 0 Å². The number of aromatic nitrogens is 1. The molecule has 0 aliphatic heterocycles. The van der Waals surface area contributed by atoms with E-state index in [1.165, 1.54) is 144 Å². The third kappa shape index (κ3) is 7.94. The molecule has 88 heavy (non-hydrogen) atoms. The first kappa shape index (κ1) is 51.3. The topological polar surface area (TPSA) is 4.93 Å². The Bertz CT molecular complexity index is 5140. The number of hydrogen-bond donors (Lipinski definition) is 0. The predicted octanol–water partition coefficient (Wildman–Crippen LogP) is 22.1. The first-order valence-corrected chi connectivity index (χ1v) is 30.7. The van der Waals surface area contributed by atoms with Crippen LogP contribution in [0.4, 0.5) is 0 Å². The molecule has 1 heteroatoms.